The van der Waals surface area contributed by atoms with E-state index in [4.69, 9.17) is 0 Å². The average molecular weight is 635 g/mol. The van der Waals surface area contributed by atoms with Crippen molar-refractivity contribution in [3.63, 3.8) is 0 Å². The van der Waals surface area contributed by atoms with Gasteiger partial charge in [-0.1, -0.05) is 18.2 Å². The van der Waals surface area contributed by atoms with E-state index in [1.807, 2.05) is 0 Å². The van der Waals surface area contributed by atoms with Crippen LogP contribution in [0.4, 0.5) is 22.0 Å². The molecular weight excluding hydrogens is 603 g/mol. The Morgan fingerprint density at radius 3 is 2.21 bits per heavy atom. The summed E-state index contributed by atoms with van der Waals surface area (Å²) in [7, 11) is -7.70. The number of aryl methyl sites for hydroxylation is 1. The van der Waals surface area contributed by atoms with Gasteiger partial charge in [-0.05, 0) is 98.2 Å². The van der Waals surface area contributed by atoms with E-state index in [1.54, 1.807) is 0 Å². The Bertz CT molecular complexity index is 1600. The molecule has 1 heterocycles. The van der Waals surface area contributed by atoms with Gasteiger partial charge in [0.15, 0.2) is 25.5 Å². The number of Topliss-reactive ketones (excluding diaryl/α,β-unsaturated/α-hetero) is 1. The van der Waals surface area contributed by atoms with Gasteiger partial charge in [-0.2, -0.15) is 13.2 Å². The number of aliphatic hydroxyl groups is 1. The molecule has 4 atom stereocenters. The predicted molar refractivity (Wildman–Crippen MR) is 143 cm³/mol. The molecule has 0 amide bonds. The summed E-state index contributed by atoms with van der Waals surface area (Å²) in [6.07, 6.45) is -5.38. The van der Waals surface area contributed by atoms with Crippen LogP contribution in [-0.2, 0) is 41.3 Å². The van der Waals surface area contributed by atoms with Gasteiger partial charge in [0, 0.05) is 6.42 Å². The van der Waals surface area contributed by atoms with Crippen LogP contribution in [0, 0.1) is 17.7 Å². The molecule has 1 saturated heterocycles. The minimum Gasteiger partial charge on any atom is -0.382 e. The molecule has 1 aliphatic heterocycles. The van der Waals surface area contributed by atoms with Gasteiger partial charge >= 0.3 is 6.18 Å². The van der Waals surface area contributed by atoms with Gasteiger partial charge < -0.3 is 5.11 Å². The Kier molecular flexibility index (Phi) is 7.46. The molecule has 2 aromatic rings. The van der Waals surface area contributed by atoms with Crippen molar-refractivity contribution < 1.29 is 48.7 Å². The molecule has 5 rings (SSSR count). The van der Waals surface area contributed by atoms with Crippen LogP contribution >= 0.6 is 0 Å². The Morgan fingerprint density at radius 1 is 1.00 bits per heavy atom. The van der Waals surface area contributed by atoms with Crippen LogP contribution in [0.2, 0.25) is 0 Å². The number of alkyl halides is 4. The normalized spacial score (nSPS) is 28.4. The third-order valence-corrected chi connectivity index (χ3v) is 13.9. The van der Waals surface area contributed by atoms with Crippen molar-refractivity contribution in [2.24, 2.45) is 11.8 Å². The zero-order chi connectivity index (χ0) is 30.9. The zero-order valence-corrected chi connectivity index (χ0v) is 24.4. The molecule has 3 aliphatic rings. The number of carbonyl (C=O) groups is 1. The Balaban J connectivity index is 1.57. The second-order valence-corrected chi connectivity index (χ2v) is 16.5. The van der Waals surface area contributed by atoms with Crippen LogP contribution < -0.4 is 0 Å². The molecule has 2 fully saturated rings. The molecule has 230 valence electrons. The standard InChI is InChI=1S/C29H31F5O6S2/c1-26(31,29(32,33)34)20-3-9-24-18(16-20)2-8-23-19(17-25(35)27(36)12-14-41(37,38)15-13-27)10-11-28(23,24)42(39,40)22-6-4-21(30)5-7-22/h3-7,9,16,19,23,36H,2,8,10-15,17H2,1H3/t19-,23-,26?,28-/m0/s1. The average Bonchev–Trinajstić information content (AvgIpc) is 3.30. The fourth-order valence-corrected chi connectivity index (χ4v) is 11.1. The molecule has 0 spiro atoms. The highest BCUT2D eigenvalue weighted by Crippen LogP contribution is 2.60. The van der Waals surface area contributed by atoms with Crippen molar-refractivity contribution in [3.8, 4) is 0 Å². The summed E-state index contributed by atoms with van der Waals surface area (Å²) in [4.78, 5) is 13.1. The second-order valence-electron chi connectivity index (χ2n) is 12.0. The highest BCUT2D eigenvalue weighted by Gasteiger charge is 2.61. The molecule has 1 N–H and O–H groups in total. The minimum atomic E-state index is -5.20. The number of hydrogen-bond acceptors (Lipinski definition) is 6. The van der Waals surface area contributed by atoms with Crippen molar-refractivity contribution in [1.82, 2.24) is 0 Å². The minimum absolute atomic E-state index is 0.000636. The van der Waals surface area contributed by atoms with Crippen LogP contribution in [0.3, 0.4) is 0 Å². The number of hydrogen-bond donors (Lipinski definition) is 1. The van der Waals surface area contributed by atoms with Gasteiger partial charge in [0.05, 0.1) is 16.4 Å². The first kappa shape index (κ1) is 31.1. The van der Waals surface area contributed by atoms with Crippen molar-refractivity contribution in [2.75, 3.05) is 11.5 Å². The van der Waals surface area contributed by atoms with Gasteiger partial charge in [0.1, 0.15) is 16.2 Å². The number of rotatable bonds is 6. The smallest absolute Gasteiger partial charge is 0.382 e. The van der Waals surface area contributed by atoms with Gasteiger partial charge in [-0.3, -0.25) is 4.79 Å². The van der Waals surface area contributed by atoms with E-state index in [9.17, 15) is 48.7 Å². The highest BCUT2D eigenvalue weighted by atomic mass is 32.2. The summed E-state index contributed by atoms with van der Waals surface area (Å²) in [6, 6.07) is 7.45. The number of sulfone groups is 2. The molecule has 0 aromatic heterocycles. The summed E-state index contributed by atoms with van der Waals surface area (Å²) in [5, 5.41) is 11.0. The number of ketones is 1. The molecule has 0 radical (unpaired) electrons. The van der Waals surface area contributed by atoms with Crippen LogP contribution in [0.5, 0.6) is 0 Å². The molecule has 1 unspecified atom stereocenters. The quantitative estimate of drug-likeness (QED) is 0.350. The first-order chi connectivity index (χ1) is 19.3. The van der Waals surface area contributed by atoms with E-state index in [2.05, 4.69) is 0 Å². The van der Waals surface area contributed by atoms with Crippen LogP contribution in [0.1, 0.15) is 62.1 Å². The number of carbonyl (C=O) groups excluding carboxylic acids is 1. The third-order valence-electron chi connectivity index (χ3n) is 9.64. The lowest BCUT2D eigenvalue weighted by atomic mass is 9.71. The molecule has 0 bridgehead atoms. The molecule has 6 nitrogen and oxygen atoms in total. The summed E-state index contributed by atoms with van der Waals surface area (Å²) in [5.74, 6) is -3.14. The molecule has 2 aliphatic carbocycles. The summed E-state index contributed by atoms with van der Waals surface area (Å²) < 4.78 is 120. The van der Waals surface area contributed by atoms with Crippen LogP contribution in [0.15, 0.2) is 47.4 Å². The molecule has 13 heteroatoms. The van der Waals surface area contributed by atoms with E-state index in [1.165, 1.54) is 6.07 Å². The first-order valence-electron chi connectivity index (χ1n) is 13.7. The molecular formula is C29H31F5O6S2. The van der Waals surface area contributed by atoms with Gasteiger partial charge in [0.2, 0.25) is 5.67 Å². The number of fused-ring (bicyclic) bond motifs is 3. The lowest BCUT2D eigenvalue weighted by Gasteiger charge is -2.43. The molecule has 42 heavy (non-hydrogen) atoms. The van der Waals surface area contributed by atoms with E-state index in [0.717, 1.165) is 36.4 Å². The van der Waals surface area contributed by atoms with Crippen LogP contribution in [0.25, 0.3) is 0 Å². The lowest BCUT2D eigenvalue weighted by molar-refractivity contribution is -0.228. The van der Waals surface area contributed by atoms with E-state index in [0.29, 0.717) is 6.92 Å². The van der Waals surface area contributed by atoms with Crippen molar-refractivity contribution in [3.05, 3.63) is 65.0 Å². The lowest BCUT2D eigenvalue weighted by Crippen LogP contribution is -2.48. The summed E-state index contributed by atoms with van der Waals surface area (Å²) in [6.45, 7) is 0.407. The largest absolute Gasteiger partial charge is 0.426 e. The Morgan fingerprint density at radius 2 is 1.62 bits per heavy atom. The predicted octanol–water partition coefficient (Wildman–Crippen LogP) is 5.11. The molecule has 2 aromatic carbocycles. The van der Waals surface area contributed by atoms with E-state index < -0.39 is 70.9 Å². The fourth-order valence-electron chi connectivity index (χ4n) is 7.08. The van der Waals surface area contributed by atoms with Crippen molar-refractivity contribution >= 4 is 25.5 Å². The maximum Gasteiger partial charge on any atom is 0.426 e. The summed E-state index contributed by atoms with van der Waals surface area (Å²) >= 11 is 0. The third kappa shape index (κ3) is 4.89. The van der Waals surface area contributed by atoms with Crippen molar-refractivity contribution in [2.45, 2.75) is 79.0 Å². The zero-order valence-electron chi connectivity index (χ0n) is 22.8. The Hall–Kier alpha value is -2.38. The Labute approximate surface area is 241 Å². The SMILES string of the molecule is CC(F)(c1ccc2c(c1)CC[C@H]1[C@H](CC(=O)C3(O)CCS(=O)(=O)CC3)CC[C@@]21S(=O)(=O)c1ccc(F)cc1)C(F)(F)F. The molecule has 1 saturated carbocycles. The highest BCUT2D eigenvalue weighted by molar-refractivity contribution is 7.92. The van der Waals surface area contributed by atoms with Gasteiger partial charge in [-0.15, -0.1) is 0 Å². The monoisotopic (exact) mass is 634 g/mol. The maximum absolute atomic E-state index is 14.9. The topological polar surface area (TPSA) is 106 Å². The van der Waals surface area contributed by atoms with Gasteiger partial charge in [-0.25, -0.2) is 25.6 Å². The fraction of sp³-hybridized carbons (Fsp3) is 0.552. The van der Waals surface area contributed by atoms with Crippen molar-refractivity contribution in [1.29, 1.82) is 0 Å². The second kappa shape index (κ2) is 10.1. The number of benzene rings is 2. The first-order valence-corrected chi connectivity index (χ1v) is 17.0. The van der Waals surface area contributed by atoms with E-state index in [-0.39, 0.29) is 72.5 Å². The maximum atomic E-state index is 14.9. The summed E-state index contributed by atoms with van der Waals surface area (Å²) in [5.41, 5.74) is -5.69. The number of halogens is 5. The van der Waals surface area contributed by atoms with E-state index >= 15 is 0 Å². The van der Waals surface area contributed by atoms with Crippen LogP contribution in [-0.4, -0.2) is 51.0 Å². The van der Waals surface area contributed by atoms with Gasteiger partial charge in [0.25, 0.3) is 0 Å².